The van der Waals surface area contributed by atoms with Crippen molar-refractivity contribution in [3.8, 4) is 5.69 Å². The molecule has 1 N–H and O–H groups in total. The molecule has 2 aromatic rings. The minimum absolute atomic E-state index is 0.152. The number of benzene rings is 1. The van der Waals surface area contributed by atoms with Crippen LogP contribution in [0, 0.1) is 18.8 Å². The predicted octanol–water partition coefficient (Wildman–Crippen LogP) is 3.09. The minimum atomic E-state index is -0.194. The summed E-state index contributed by atoms with van der Waals surface area (Å²) in [7, 11) is 0. The lowest BCUT2D eigenvalue weighted by atomic mass is 9.91. The number of rotatable bonds is 6. The van der Waals surface area contributed by atoms with E-state index in [1.165, 1.54) is 0 Å². The first kappa shape index (κ1) is 19.4. The molecule has 1 aromatic carbocycles. The summed E-state index contributed by atoms with van der Waals surface area (Å²) in [6, 6.07) is 7.86. The first-order valence-electron chi connectivity index (χ1n) is 10.1. The van der Waals surface area contributed by atoms with Gasteiger partial charge < -0.3 is 4.90 Å². The van der Waals surface area contributed by atoms with Gasteiger partial charge in [0.25, 0.3) is 0 Å². The summed E-state index contributed by atoms with van der Waals surface area (Å²) in [5.74, 6) is 1.67. The quantitative estimate of drug-likeness (QED) is 0.849. The summed E-state index contributed by atoms with van der Waals surface area (Å²) in [6.45, 7) is 7.78. The highest BCUT2D eigenvalue weighted by atomic mass is 16.2. The SMILES string of the molecule is CCC(CC)C(=O)N1CCC(Cc2n[nH]c(=O)n2-c2ccccc2C)CC1. The number of hydrogen-bond acceptors (Lipinski definition) is 3. The van der Waals surface area contributed by atoms with E-state index in [4.69, 9.17) is 0 Å². The molecular formula is C21H30N4O2. The predicted molar refractivity (Wildman–Crippen MR) is 106 cm³/mol. The lowest BCUT2D eigenvalue weighted by molar-refractivity contribution is -0.137. The van der Waals surface area contributed by atoms with Crippen LogP contribution in [-0.4, -0.2) is 38.7 Å². The van der Waals surface area contributed by atoms with Gasteiger partial charge in [0.15, 0.2) is 0 Å². The van der Waals surface area contributed by atoms with Gasteiger partial charge in [-0.15, -0.1) is 0 Å². The number of piperidine rings is 1. The first-order chi connectivity index (χ1) is 13.0. The average molecular weight is 370 g/mol. The van der Waals surface area contributed by atoms with Crippen molar-refractivity contribution in [2.75, 3.05) is 13.1 Å². The number of nitrogens with one attached hydrogen (secondary N) is 1. The van der Waals surface area contributed by atoms with Crippen LogP contribution >= 0.6 is 0 Å². The number of nitrogens with zero attached hydrogens (tertiary/aromatic N) is 3. The molecule has 2 heterocycles. The maximum absolute atomic E-state index is 12.6. The summed E-state index contributed by atoms with van der Waals surface area (Å²) >= 11 is 0. The van der Waals surface area contributed by atoms with Crippen LogP contribution in [-0.2, 0) is 11.2 Å². The number of amides is 1. The van der Waals surface area contributed by atoms with Crippen molar-refractivity contribution in [3.05, 3.63) is 46.1 Å². The maximum atomic E-state index is 12.6. The lowest BCUT2D eigenvalue weighted by Crippen LogP contribution is -2.42. The van der Waals surface area contributed by atoms with Crippen molar-refractivity contribution >= 4 is 5.91 Å². The number of H-pyrrole nitrogens is 1. The third kappa shape index (κ3) is 4.15. The standard InChI is InChI=1S/C21H30N4O2/c1-4-17(5-2)20(26)24-12-10-16(11-13-24)14-19-22-23-21(27)25(19)18-9-7-6-8-15(18)3/h6-9,16-17H,4-5,10-14H2,1-3H3,(H,23,27). The van der Waals surface area contributed by atoms with E-state index in [-0.39, 0.29) is 11.6 Å². The lowest BCUT2D eigenvalue weighted by Gasteiger charge is -2.34. The fourth-order valence-corrected chi connectivity index (χ4v) is 4.04. The van der Waals surface area contributed by atoms with Crippen LogP contribution < -0.4 is 5.69 Å². The van der Waals surface area contributed by atoms with E-state index in [1.54, 1.807) is 4.57 Å². The number of aromatic amines is 1. The molecular weight excluding hydrogens is 340 g/mol. The number of hydrogen-bond donors (Lipinski definition) is 1. The summed E-state index contributed by atoms with van der Waals surface area (Å²) in [5.41, 5.74) is 1.74. The molecule has 6 nitrogen and oxygen atoms in total. The number of likely N-dealkylation sites (tertiary alicyclic amines) is 1. The highest BCUT2D eigenvalue weighted by molar-refractivity contribution is 5.78. The molecule has 0 bridgehead atoms. The number of aromatic nitrogens is 3. The largest absolute Gasteiger partial charge is 0.347 e. The molecule has 1 saturated heterocycles. The molecule has 0 radical (unpaired) electrons. The van der Waals surface area contributed by atoms with Crippen molar-refractivity contribution in [2.45, 2.75) is 52.9 Å². The Labute approximate surface area is 160 Å². The Morgan fingerprint density at radius 3 is 2.52 bits per heavy atom. The summed E-state index contributed by atoms with van der Waals surface area (Å²) in [4.78, 5) is 26.9. The van der Waals surface area contributed by atoms with Crippen molar-refractivity contribution in [1.29, 1.82) is 0 Å². The Hall–Kier alpha value is -2.37. The fraction of sp³-hybridized carbons (Fsp3) is 0.571. The van der Waals surface area contributed by atoms with E-state index >= 15 is 0 Å². The zero-order valence-corrected chi connectivity index (χ0v) is 16.6. The monoisotopic (exact) mass is 370 g/mol. The van der Waals surface area contributed by atoms with Crippen molar-refractivity contribution in [1.82, 2.24) is 19.7 Å². The van der Waals surface area contributed by atoms with E-state index in [1.807, 2.05) is 36.1 Å². The molecule has 0 spiro atoms. The molecule has 1 fully saturated rings. The second-order valence-electron chi connectivity index (χ2n) is 7.55. The third-order valence-electron chi connectivity index (χ3n) is 5.83. The Bertz CT molecular complexity index is 827. The molecule has 1 amide bonds. The van der Waals surface area contributed by atoms with Crippen LogP contribution in [0.3, 0.4) is 0 Å². The average Bonchev–Trinajstić information content (AvgIpc) is 3.04. The molecule has 6 heteroatoms. The fourth-order valence-electron chi connectivity index (χ4n) is 4.04. The molecule has 1 aliphatic rings. The van der Waals surface area contributed by atoms with E-state index in [0.717, 1.165) is 62.3 Å². The van der Waals surface area contributed by atoms with Gasteiger partial charge in [0.2, 0.25) is 5.91 Å². The van der Waals surface area contributed by atoms with Gasteiger partial charge in [0.1, 0.15) is 5.82 Å². The van der Waals surface area contributed by atoms with Gasteiger partial charge in [0, 0.05) is 25.4 Å². The zero-order chi connectivity index (χ0) is 19.4. The van der Waals surface area contributed by atoms with Gasteiger partial charge in [-0.25, -0.2) is 14.5 Å². The molecule has 1 aromatic heterocycles. The molecule has 146 valence electrons. The van der Waals surface area contributed by atoms with Gasteiger partial charge in [-0.3, -0.25) is 4.79 Å². The molecule has 0 aliphatic carbocycles. The summed E-state index contributed by atoms with van der Waals surface area (Å²) in [6.07, 6.45) is 4.48. The second kappa shape index (κ2) is 8.55. The Morgan fingerprint density at radius 2 is 1.89 bits per heavy atom. The van der Waals surface area contributed by atoms with Gasteiger partial charge >= 0.3 is 5.69 Å². The summed E-state index contributed by atoms with van der Waals surface area (Å²) in [5, 5.41) is 6.88. The molecule has 0 atom stereocenters. The van der Waals surface area contributed by atoms with E-state index in [2.05, 4.69) is 24.0 Å². The maximum Gasteiger partial charge on any atom is 0.347 e. The van der Waals surface area contributed by atoms with Crippen molar-refractivity contribution in [3.63, 3.8) is 0 Å². The molecule has 0 saturated carbocycles. The van der Waals surface area contributed by atoms with Crippen LogP contribution in [0.4, 0.5) is 0 Å². The number of carbonyl (C=O) groups excluding carboxylic acids is 1. The Balaban J connectivity index is 1.68. The Kier molecular flexibility index (Phi) is 6.14. The van der Waals surface area contributed by atoms with Crippen molar-refractivity contribution in [2.24, 2.45) is 11.8 Å². The number of carbonyl (C=O) groups is 1. The molecule has 1 aliphatic heterocycles. The normalized spacial score (nSPS) is 15.5. The number of para-hydroxylation sites is 1. The van der Waals surface area contributed by atoms with Gasteiger partial charge in [-0.2, -0.15) is 5.10 Å². The minimum Gasteiger partial charge on any atom is -0.342 e. The van der Waals surface area contributed by atoms with Gasteiger partial charge in [-0.1, -0.05) is 32.0 Å². The van der Waals surface area contributed by atoms with Crippen LogP contribution in [0.15, 0.2) is 29.1 Å². The third-order valence-corrected chi connectivity index (χ3v) is 5.83. The van der Waals surface area contributed by atoms with E-state index in [0.29, 0.717) is 11.8 Å². The molecule has 3 rings (SSSR count). The second-order valence-corrected chi connectivity index (χ2v) is 7.55. The Morgan fingerprint density at radius 1 is 1.22 bits per heavy atom. The highest BCUT2D eigenvalue weighted by Gasteiger charge is 2.27. The topological polar surface area (TPSA) is 71.0 Å². The zero-order valence-electron chi connectivity index (χ0n) is 16.6. The van der Waals surface area contributed by atoms with Gasteiger partial charge in [-0.05, 0) is 50.2 Å². The highest BCUT2D eigenvalue weighted by Crippen LogP contribution is 2.24. The number of aryl methyl sites for hydroxylation is 1. The van der Waals surface area contributed by atoms with E-state index < -0.39 is 0 Å². The van der Waals surface area contributed by atoms with Crippen LogP contribution in [0.5, 0.6) is 0 Å². The van der Waals surface area contributed by atoms with Crippen molar-refractivity contribution < 1.29 is 4.79 Å². The smallest absolute Gasteiger partial charge is 0.342 e. The molecule has 0 unspecified atom stereocenters. The van der Waals surface area contributed by atoms with Crippen LogP contribution in [0.25, 0.3) is 5.69 Å². The van der Waals surface area contributed by atoms with Crippen LogP contribution in [0.2, 0.25) is 0 Å². The first-order valence-corrected chi connectivity index (χ1v) is 10.1. The van der Waals surface area contributed by atoms with E-state index in [9.17, 15) is 9.59 Å². The van der Waals surface area contributed by atoms with Gasteiger partial charge in [0.05, 0.1) is 5.69 Å². The van der Waals surface area contributed by atoms with Crippen LogP contribution in [0.1, 0.15) is 50.9 Å². The summed E-state index contributed by atoms with van der Waals surface area (Å²) < 4.78 is 1.69. The molecule has 27 heavy (non-hydrogen) atoms.